The topological polar surface area (TPSA) is 67.5 Å². The highest BCUT2D eigenvalue weighted by atomic mass is 19.1. The number of aliphatic hydroxyl groups excluding tert-OH is 1. The normalized spacial score (nSPS) is 12.5. The van der Waals surface area contributed by atoms with Gasteiger partial charge in [0.05, 0.1) is 24.1 Å². The van der Waals surface area contributed by atoms with E-state index in [1.807, 2.05) is 0 Å². The van der Waals surface area contributed by atoms with E-state index in [0.717, 1.165) is 6.07 Å². The summed E-state index contributed by atoms with van der Waals surface area (Å²) in [5, 5.41) is 12.0. The molecule has 16 heavy (non-hydrogen) atoms. The number of nitrogens with one attached hydrogen (secondary N) is 1. The minimum atomic E-state index is -0.830. The van der Waals surface area contributed by atoms with Gasteiger partial charge in [-0.15, -0.1) is 0 Å². The maximum absolute atomic E-state index is 13.0. The van der Waals surface area contributed by atoms with Crippen LogP contribution in [0.1, 0.15) is 0 Å². The molecule has 0 aromatic heterocycles. The Labute approximate surface area is 92.0 Å². The molecular weight excluding hydrogens is 218 g/mol. The van der Waals surface area contributed by atoms with Crippen molar-refractivity contribution in [2.24, 2.45) is 0 Å². The van der Waals surface area contributed by atoms with E-state index in [4.69, 9.17) is 10.5 Å². The third-order valence-corrected chi connectivity index (χ3v) is 1.98. The highest BCUT2D eigenvalue weighted by Gasteiger charge is 2.09. The van der Waals surface area contributed by atoms with E-state index in [-0.39, 0.29) is 24.5 Å². The van der Waals surface area contributed by atoms with Gasteiger partial charge < -0.3 is 20.9 Å². The molecule has 0 aliphatic heterocycles. The van der Waals surface area contributed by atoms with E-state index < -0.39 is 17.7 Å². The van der Waals surface area contributed by atoms with E-state index in [1.165, 1.54) is 7.11 Å². The first-order valence-corrected chi connectivity index (χ1v) is 4.70. The molecule has 0 heterocycles. The second-order valence-electron chi connectivity index (χ2n) is 3.34. The molecule has 0 fully saturated rings. The number of anilines is 2. The van der Waals surface area contributed by atoms with E-state index in [0.29, 0.717) is 6.07 Å². The molecular formula is C10H14F2N2O2. The van der Waals surface area contributed by atoms with Crippen molar-refractivity contribution < 1.29 is 18.6 Å². The third kappa shape index (κ3) is 3.32. The minimum Gasteiger partial charge on any atom is -0.395 e. The van der Waals surface area contributed by atoms with Crippen LogP contribution in [0, 0.1) is 11.6 Å². The lowest BCUT2D eigenvalue weighted by atomic mass is 10.2. The lowest BCUT2D eigenvalue weighted by Gasteiger charge is -2.13. The Balaban J connectivity index is 2.66. The quantitative estimate of drug-likeness (QED) is 0.662. The zero-order valence-corrected chi connectivity index (χ0v) is 8.84. The Morgan fingerprint density at radius 2 is 2.19 bits per heavy atom. The Kier molecular flexibility index (Phi) is 4.45. The molecule has 1 unspecified atom stereocenters. The summed E-state index contributed by atoms with van der Waals surface area (Å²) in [5.74, 6) is -1.56. The van der Waals surface area contributed by atoms with Crippen molar-refractivity contribution in [1.29, 1.82) is 0 Å². The maximum atomic E-state index is 13.0. The Morgan fingerprint density at radius 1 is 1.50 bits per heavy atom. The SMILES string of the molecule is COCC(O)CNc1cc(F)cc(F)c1N. The van der Waals surface area contributed by atoms with Crippen LogP contribution in [0.3, 0.4) is 0 Å². The Bertz CT molecular complexity index is 361. The molecule has 4 N–H and O–H groups in total. The summed E-state index contributed by atoms with van der Waals surface area (Å²) < 4.78 is 30.6. The molecule has 0 spiro atoms. The Hall–Kier alpha value is -1.40. The van der Waals surface area contributed by atoms with Crippen LogP contribution in [0.4, 0.5) is 20.2 Å². The van der Waals surface area contributed by atoms with Crippen LogP contribution in [0.2, 0.25) is 0 Å². The molecule has 1 aromatic carbocycles. The molecule has 0 radical (unpaired) electrons. The van der Waals surface area contributed by atoms with Crippen LogP contribution in [0.25, 0.3) is 0 Å². The summed E-state index contributed by atoms with van der Waals surface area (Å²) in [5.41, 5.74) is 5.34. The number of halogens is 2. The van der Waals surface area contributed by atoms with Crippen LogP contribution in [0.15, 0.2) is 12.1 Å². The molecule has 0 amide bonds. The highest BCUT2D eigenvalue weighted by Crippen LogP contribution is 2.23. The predicted molar refractivity (Wildman–Crippen MR) is 57.1 cm³/mol. The summed E-state index contributed by atoms with van der Waals surface area (Å²) in [4.78, 5) is 0. The maximum Gasteiger partial charge on any atom is 0.151 e. The van der Waals surface area contributed by atoms with Crippen molar-refractivity contribution in [2.75, 3.05) is 31.3 Å². The molecule has 0 saturated carbocycles. The van der Waals surface area contributed by atoms with Crippen molar-refractivity contribution in [2.45, 2.75) is 6.10 Å². The van der Waals surface area contributed by atoms with E-state index in [2.05, 4.69) is 5.32 Å². The molecule has 90 valence electrons. The van der Waals surface area contributed by atoms with Crippen molar-refractivity contribution in [3.8, 4) is 0 Å². The lowest BCUT2D eigenvalue weighted by molar-refractivity contribution is 0.0727. The molecule has 0 aliphatic carbocycles. The van der Waals surface area contributed by atoms with Crippen molar-refractivity contribution in [3.05, 3.63) is 23.8 Å². The molecule has 0 saturated heterocycles. The average Bonchev–Trinajstić information content (AvgIpc) is 2.21. The molecule has 6 heteroatoms. The van der Waals surface area contributed by atoms with Gasteiger partial charge in [-0.25, -0.2) is 8.78 Å². The second kappa shape index (κ2) is 5.62. The fraction of sp³-hybridized carbons (Fsp3) is 0.400. The first-order valence-electron chi connectivity index (χ1n) is 4.70. The third-order valence-electron chi connectivity index (χ3n) is 1.98. The summed E-state index contributed by atoms with van der Waals surface area (Å²) in [6, 6.07) is 1.77. The molecule has 1 atom stereocenters. The zero-order chi connectivity index (χ0) is 12.1. The largest absolute Gasteiger partial charge is 0.395 e. The average molecular weight is 232 g/mol. The number of hydrogen-bond donors (Lipinski definition) is 3. The summed E-state index contributed by atoms with van der Waals surface area (Å²) in [6.45, 7) is 0.228. The van der Waals surface area contributed by atoms with Gasteiger partial charge in [-0.2, -0.15) is 0 Å². The molecule has 1 rings (SSSR count). The first kappa shape index (κ1) is 12.7. The molecule has 1 aromatic rings. The summed E-state index contributed by atoms with van der Waals surface area (Å²) in [7, 11) is 1.44. The monoisotopic (exact) mass is 232 g/mol. The molecule has 0 aliphatic rings. The highest BCUT2D eigenvalue weighted by molar-refractivity contribution is 5.66. The van der Waals surface area contributed by atoms with E-state index >= 15 is 0 Å². The first-order chi connectivity index (χ1) is 7.54. The molecule has 4 nitrogen and oxygen atoms in total. The van der Waals surface area contributed by atoms with Crippen LogP contribution in [-0.2, 0) is 4.74 Å². The Morgan fingerprint density at radius 3 is 2.81 bits per heavy atom. The van der Waals surface area contributed by atoms with Crippen molar-refractivity contribution >= 4 is 11.4 Å². The van der Waals surface area contributed by atoms with Crippen molar-refractivity contribution in [1.82, 2.24) is 0 Å². The number of hydrogen-bond acceptors (Lipinski definition) is 4. The number of nitrogens with two attached hydrogens (primary N) is 1. The van der Waals surface area contributed by atoms with E-state index in [9.17, 15) is 13.9 Å². The van der Waals surface area contributed by atoms with Gasteiger partial charge in [-0.3, -0.25) is 0 Å². The fourth-order valence-corrected chi connectivity index (χ4v) is 1.21. The number of nitrogen functional groups attached to an aromatic ring is 1. The van der Waals surface area contributed by atoms with Gasteiger partial charge in [0.15, 0.2) is 5.82 Å². The fourth-order valence-electron chi connectivity index (χ4n) is 1.21. The molecule has 0 bridgehead atoms. The smallest absolute Gasteiger partial charge is 0.151 e. The summed E-state index contributed by atoms with van der Waals surface area (Å²) in [6.07, 6.45) is -0.768. The van der Waals surface area contributed by atoms with Crippen LogP contribution in [-0.4, -0.2) is 31.5 Å². The number of methoxy groups -OCH3 is 1. The van der Waals surface area contributed by atoms with Crippen LogP contribution >= 0.6 is 0 Å². The number of rotatable bonds is 5. The van der Waals surface area contributed by atoms with E-state index in [1.54, 1.807) is 0 Å². The van der Waals surface area contributed by atoms with Gasteiger partial charge in [-0.05, 0) is 6.07 Å². The summed E-state index contributed by atoms with van der Waals surface area (Å²) >= 11 is 0. The van der Waals surface area contributed by atoms with Gasteiger partial charge in [0.2, 0.25) is 0 Å². The number of benzene rings is 1. The number of ether oxygens (including phenoxy) is 1. The number of aliphatic hydroxyl groups is 1. The lowest BCUT2D eigenvalue weighted by Crippen LogP contribution is -2.24. The van der Waals surface area contributed by atoms with Crippen LogP contribution in [0.5, 0.6) is 0 Å². The van der Waals surface area contributed by atoms with Gasteiger partial charge in [0.1, 0.15) is 5.82 Å². The van der Waals surface area contributed by atoms with Gasteiger partial charge in [0.25, 0.3) is 0 Å². The minimum absolute atomic E-state index is 0.0981. The van der Waals surface area contributed by atoms with Crippen molar-refractivity contribution in [3.63, 3.8) is 0 Å². The van der Waals surface area contributed by atoms with Gasteiger partial charge >= 0.3 is 0 Å². The predicted octanol–water partition coefficient (Wildman–Crippen LogP) is 0.966. The van der Waals surface area contributed by atoms with Gasteiger partial charge in [-0.1, -0.05) is 0 Å². The zero-order valence-electron chi connectivity index (χ0n) is 8.84. The van der Waals surface area contributed by atoms with Gasteiger partial charge in [0, 0.05) is 19.7 Å². The standard InChI is InChI=1S/C10H14F2N2O2/c1-16-5-7(15)4-14-9-3-6(11)2-8(12)10(9)13/h2-3,7,14-15H,4-5,13H2,1H3. The second-order valence-corrected chi connectivity index (χ2v) is 3.34. The van der Waals surface area contributed by atoms with Crippen LogP contribution < -0.4 is 11.1 Å².